The predicted octanol–water partition coefficient (Wildman–Crippen LogP) is 2.64. The molecule has 5 nitrogen and oxygen atoms in total. The van der Waals surface area contributed by atoms with Crippen molar-refractivity contribution in [3.63, 3.8) is 0 Å². The molecule has 2 heterocycles. The highest BCUT2D eigenvalue weighted by Gasteiger charge is 2.17. The van der Waals surface area contributed by atoms with Crippen molar-refractivity contribution in [2.24, 2.45) is 11.0 Å². The fourth-order valence-electron chi connectivity index (χ4n) is 3.02. The lowest BCUT2D eigenvalue weighted by atomic mass is 9.98. The first-order valence-electron chi connectivity index (χ1n) is 8.78. The SMILES string of the molecule is O=C(Cc1ccccn1)N/N=C/C1CCN(Cc2ccccc2)CC1. The number of hydrazone groups is 1. The minimum atomic E-state index is -0.128. The average Bonchev–Trinajstić information content (AvgIpc) is 2.65. The monoisotopic (exact) mass is 336 g/mol. The van der Waals surface area contributed by atoms with Crippen LogP contribution in [0.3, 0.4) is 0 Å². The van der Waals surface area contributed by atoms with Crippen molar-refractivity contribution in [1.29, 1.82) is 0 Å². The molecule has 2 aromatic rings. The number of nitrogens with zero attached hydrogens (tertiary/aromatic N) is 3. The van der Waals surface area contributed by atoms with Gasteiger partial charge in [-0.2, -0.15) is 5.10 Å². The number of hydrogen-bond acceptors (Lipinski definition) is 4. The first kappa shape index (κ1) is 17.3. The Hall–Kier alpha value is -2.53. The van der Waals surface area contributed by atoms with Crippen LogP contribution in [0, 0.1) is 5.92 Å². The molecule has 1 aromatic heterocycles. The van der Waals surface area contributed by atoms with E-state index in [9.17, 15) is 4.79 Å². The third kappa shape index (κ3) is 5.80. The van der Waals surface area contributed by atoms with Gasteiger partial charge in [-0.1, -0.05) is 36.4 Å². The van der Waals surface area contributed by atoms with Crippen LogP contribution in [0.2, 0.25) is 0 Å². The summed E-state index contributed by atoms with van der Waals surface area (Å²) in [6, 6.07) is 16.1. The topological polar surface area (TPSA) is 57.6 Å². The predicted molar refractivity (Wildman–Crippen MR) is 99.0 cm³/mol. The number of nitrogens with one attached hydrogen (secondary N) is 1. The Balaban J connectivity index is 1.37. The molecule has 1 N–H and O–H groups in total. The summed E-state index contributed by atoms with van der Waals surface area (Å²) < 4.78 is 0. The van der Waals surface area contributed by atoms with Crippen LogP contribution in [0.25, 0.3) is 0 Å². The van der Waals surface area contributed by atoms with E-state index in [1.165, 1.54) is 5.56 Å². The lowest BCUT2D eigenvalue weighted by Crippen LogP contribution is -2.34. The maximum absolute atomic E-state index is 11.8. The van der Waals surface area contributed by atoms with Gasteiger partial charge in [-0.25, -0.2) is 5.43 Å². The summed E-state index contributed by atoms with van der Waals surface area (Å²) in [7, 11) is 0. The summed E-state index contributed by atoms with van der Waals surface area (Å²) in [5, 5.41) is 4.13. The molecule has 1 aromatic carbocycles. The minimum absolute atomic E-state index is 0.128. The summed E-state index contributed by atoms with van der Waals surface area (Å²) in [5.41, 5.74) is 4.72. The minimum Gasteiger partial charge on any atom is -0.299 e. The molecule has 25 heavy (non-hydrogen) atoms. The van der Waals surface area contributed by atoms with Crippen LogP contribution in [-0.4, -0.2) is 35.1 Å². The van der Waals surface area contributed by atoms with Gasteiger partial charge in [-0.15, -0.1) is 0 Å². The first-order valence-corrected chi connectivity index (χ1v) is 8.78. The third-order valence-electron chi connectivity index (χ3n) is 4.42. The molecule has 5 heteroatoms. The summed E-state index contributed by atoms with van der Waals surface area (Å²) in [4.78, 5) is 18.4. The van der Waals surface area contributed by atoms with E-state index in [-0.39, 0.29) is 12.3 Å². The molecule has 1 aliphatic heterocycles. The number of rotatable bonds is 6. The molecule has 0 radical (unpaired) electrons. The lowest BCUT2D eigenvalue weighted by molar-refractivity contribution is -0.120. The molecule has 0 unspecified atom stereocenters. The van der Waals surface area contributed by atoms with Gasteiger partial charge in [-0.05, 0) is 49.5 Å². The molecule has 3 rings (SSSR count). The zero-order chi connectivity index (χ0) is 17.3. The molecule has 1 fully saturated rings. The Morgan fingerprint density at radius 3 is 2.64 bits per heavy atom. The summed E-state index contributed by atoms with van der Waals surface area (Å²) in [6.45, 7) is 3.13. The zero-order valence-electron chi connectivity index (χ0n) is 14.3. The van der Waals surface area contributed by atoms with E-state index in [4.69, 9.17) is 0 Å². The number of carbonyl (C=O) groups excluding carboxylic acids is 1. The number of carbonyl (C=O) groups is 1. The number of likely N-dealkylation sites (tertiary alicyclic amines) is 1. The maximum Gasteiger partial charge on any atom is 0.246 e. The lowest BCUT2D eigenvalue weighted by Gasteiger charge is -2.30. The van der Waals surface area contributed by atoms with E-state index >= 15 is 0 Å². The fourth-order valence-corrected chi connectivity index (χ4v) is 3.02. The molecule has 0 atom stereocenters. The van der Waals surface area contributed by atoms with Gasteiger partial charge in [-0.3, -0.25) is 14.7 Å². The van der Waals surface area contributed by atoms with Gasteiger partial charge >= 0.3 is 0 Å². The van der Waals surface area contributed by atoms with Crippen molar-refractivity contribution < 1.29 is 4.79 Å². The first-order chi connectivity index (χ1) is 12.3. The van der Waals surface area contributed by atoms with E-state index < -0.39 is 0 Å². The van der Waals surface area contributed by atoms with Gasteiger partial charge in [0.05, 0.1) is 6.42 Å². The summed E-state index contributed by atoms with van der Waals surface area (Å²) in [5.74, 6) is 0.304. The molecule has 0 saturated carbocycles. The molecule has 1 amide bonds. The fraction of sp³-hybridized carbons (Fsp3) is 0.350. The quantitative estimate of drug-likeness (QED) is 0.652. The van der Waals surface area contributed by atoms with Crippen molar-refractivity contribution in [3.05, 3.63) is 66.0 Å². The van der Waals surface area contributed by atoms with Crippen LogP contribution >= 0.6 is 0 Å². The Morgan fingerprint density at radius 1 is 1.16 bits per heavy atom. The van der Waals surface area contributed by atoms with Crippen LogP contribution in [0.1, 0.15) is 24.1 Å². The Labute approximate surface area is 148 Å². The van der Waals surface area contributed by atoms with E-state index in [2.05, 4.69) is 44.7 Å². The van der Waals surface area contributed by atoms with E-state index in [0.29, 0.717) is 5.92 Å². The zero-order valence-corrected chi connectivity index (χ0v) is 14.3. The second kappa shape index (κ2) is 9.08. The highest BCUT2D eigenvalue weighted by molar-refractivity contribution is 5.78. The van der Waals surface area contributed by atoms with Crippen LogP contribution in [0.4, 0.5) is 0 Å². The number of benzene rings is 1. The van der Waals surface area contributed by atoms with E-state index in [1.807, 2.05) is 30.5 Å². The molecular formula is C20H24N4O. The standard InChI is InChI=1S/C20H24N4O/c25-20(14-19-8-4-5-11-21-19)23-22-15-17-9-12-24(13-10-17)16-18-6-2-1-3-7-18/h1-8,11,15,17H,9-10,12-14,16H2,(H,23,25)/b22-15+. The largest absolute Gasteiger partial charge is 0.299 e. The highest BCUT2D eigenvalue weighted by Crippen LogP contribution is 2.17. The Bertz CT molecular complexity index is 679. The van der Waals surface area contributed by atoms with Gasteiger partial charge in [0.15, 0.2) is 0 Å². The van der Waals surface area contributed by atoms with Crippen LogP contribution in [0.15, 0.2) is 59.8 Å². The molecule has 0 bridgehead atoms. The number of aromatic nitrogens is 1. The second-order valence-corrected chi connectivity index (χ2v) is 6.41. The van der Waals surface area contributed by atoms with Crippen molar-refractivity contribution in [1.82, 2.24) is 15.3 Å². The number of amides is 1. The van der Waals surface area contributed by atoms with Crippen molar-refractivity contribution in [3.8, 4) is 0 Å². The molecule has 0 aliphatic carbocycles. The molecule has 130 valence electrons. The normalized spacial score (nSPS) is 16.2. The average molecular weight is 336 g/mol. The van der Waals surface area contributed by atoms with E-state index in [0.717, 1.165) is 38.2 Å². The van der Waals surface area contributed by atoms with Gasteiger partial charge in [0.1, 0.15) is 0 Å². The molecule has 1 saturated heterocycles. The van der Waals surface area contributed by atoms with E-state index in [1.54, 1.807) is 6.20 Å². The molecule has 0 spiro atoms. The Kier molecular flexibility index (Phi) is 6.29. The molecular weight excluding hydrogens is 312 g/mol. The van der Waals surface area contributed by atoms with Gasteiger partial charge < -0.3 is 0 Å². The van der Waals surface area contributed by atoms with Crippen molar-refractivity contribution >= 4 is 12.1 Å². The number of piperidine rings is 1. The van der Waals surface area contributed by atoms with Gasteiger partial charge in [0.25, 0.3) is 0 Å². The van der Waals surface area contributed by atoms with Crippen molar-refractivity contribution in [2.45, 2.75) is 25.8 Å². The number of pyridine rings is 1. The van der Waals surface area contributed by atoms with Crippen molar-refractivity contribution in [2.75, 3.05) is 13.1 Å². The maximum atomic E-state index is 11.8. The Morgan fingerprint density at radius 2 is 1.92 bits per heavy atom. The van der Waals surface area contributed by atoms with Crippen LogP contribution in [-0.2, 0) is 17.8 Å². The summed E-state index contributed by atoms with van der Waals surface area (Å²) in [6.07, 6.45) is 5.98. The van der Waals surface area contributed by atoms with Crippen LogP contribution < -0.4 is 5.43 Å². The van der Waals surface area contributed by atoms with Crippen LogP contribution in [0.5, 0.6) is 0 Å². The third-order valence-corrected chi connectivity index (χ3v) is 4.42. The second-order valence-electron chi connectivity index (χ2n) is 6.41. The number of hydrogen-bond donors (Lipinski definition) is 1. The summed E-state index contributed by atoms with van der Waals surface area (Å²) >= 11 is 0. The highest BCUT2D eigenvalue weighted by atomic mass is 16.2. The van der Waals surface area contributed by atoms with Gasteiger partial charge in [0.2, 0.25) is 5.91 Å². The smallest absolute Gasteiger partial charge is 0.246 e. The van der Waals surface area contributed by atoms with Gasteiger partial charge in [0, 0.05) is 24.7 Å². The molecule has 1 aliphatic rings.